The second-order valence-corrected chi connectivity index (χ2v) is 5.04. The molecule has 1 amide bonds. The Morgan fingerprint density at radius 3 is 2.62 bits per heavy atom. The van der Waals surface area contributed by atoms with Crippen molar-refractivity contribution >= 4 is 5.91 Å². The smallest absolute Gasteiger partial charge is 0.220 e. The van der Waals surface area contributed by atoms with E-state index in [2.05, 4.69) is 10.4 Å². The van der Waals surface area contributed by atoms with E-state index in [9.17, 15) is 4.79 Å². The zero-order valence-corrected chi connectivity index (χ0v) is 12.7. The Balaban J connectivity index is 1.78. The lowest BCUT2D eigenvalue weighted by molar-refractivity contribution is -0.121. The number of methoxy groups -OCH3 is 1. The SMILES string of the molecule is COc1ccc(CCC(=O)NCc2cn(C)nc2C)cc1. The number of carbonyl (C=O) groups excluding carboxylic acids is 1. The van der Waals surface area contributed by atoms with Crippen LogP contribution in [0.15, 0.2) is 30.5 Å². The normalized spacial score (nSPS) is 10.4. The van der Waals surface area contributed by atoms with Crippen molar-refractivity contribution in [1.82, 2.24) is 15.1 Å². The lowest BCUT2D eigenvalue weighted by Gasteiger charge is -2.05. The Labute approximate surface area is 124 Å². The average molecular weight is 287 g/mol. The van der Waals surface area contributed by atoms with Crippen molar-refractivity contribution < 1.29 is 9.53 Å². The molecule has 1 N–H and O–H groups in total. The average Bonchev–Trinajstić information content (AvgIpc) is 2.81. The van der Waals surface area contributed by atoms with Crippen molar-refractivity contribution in [2.45, 2.75) is 26.3 Å². The summed E-state index contributed by atoms with van der Waals surface area (Å²) in [6.07, 6.45) is 3.13. The van der Waals surface area contributed by atoms with Gasteiger partial charge in [0.2, 0.25) is 5.91 Å². The Morgan fingerprint density at radius 1 is 1.33 bits per heavy atom. The molecule has 1 aromatic heterocycles. The van der Waals surface area contributed by atoms with Crippen LogP contribution in [0.5, 0.6) is 5.75 Å². The van der Waals surface area contributed by atoms with Gasteiger partial charge in [-0.1, -0.05) is 12.1 Å². The fourth-order valence-corrected chi connectivity index (χ4v) is 2.15. The third kappa shape index (κ3) is 4.34. The van der Waals surface area contributed by atoms with E-state index in [1.54, 1.807) is 11.8 Å². The minimum atomic E-state index is 0.0501. The first-order valence-electron chi connectivity index (χ1n) is 6.97. The number of aryl methyl sites for hydroxylation is 3. The number of hydrogen-bond donors (Lipinski definition) is 1. The molecule has 21 heavy (non-hydrogen) atoms. The number of rotatable bonds is 6. The molecule has 1 heterocycles. The van der Waals surface area contributed by atoms with Gasteiger partial charge in [0.25, 0.3) is 0 Å². The Bertz CT molecular complexity index is 602. The highest BCUT2D eigenvalue weighted by Gasteiger charge is 2.06. The fraction of sp³-hybridized carbons (Fsp3) is 0.375. The minimum absolute atomic E-state index is 0.0501. The summed E-state index contributed by atoms with van der Waals surface area (Å²) < 4.78 is 6.87. The number of ether oxygens (including phenoxy) is 1. The molecular formula is C16H21N3O2. The summed E-state index contributed by atoms with van der Waals surface area (Å²) in [6, 6.07) is 7.78. The molecule has 0 atom stereocenters. The van der Waals surface area contributed by atoms with Gasteiger partial charge in [-0.15, -0.1) is 0 Å². The second-order valence-electron chi connectivity index (χ2n) is 5.04. The molecule has 0 aliphatic rings. The Morgan fingerprint density at radius 2 is 2.05 bits per heavy atom. The van der Waals surface area contributed by atoms with Gasteiger partial charge in [-0.25, -0.2) is 0 Å². The van der Waals surface area contributed by atoms with Crippen LogP contribution in [0, 0.1) is 6.92 Å². The number of hydrogen-bond acceptors (Lipinski definition) is 3. The number of benzene rings is 1. The standard InChI is InChI=1S/C16H21N3O2/c1-12-14(11-19(2)18-12)10-17-16(20)9-6-13-4-7-15(21-3)8-5-13/h4-5,7-8,11H,6,9-10H2,1-3H3,(H,17,20). The van der Waals surface area contributed by atoms with Gasteiger partial charge in [0.1, 0.15) is 5.75 Å². The quantitative estimate of drug-likeness (QED) is 0.884. The first-order chi connectivity index (χ1) is 10.1. The highest BCUT2D eigenvalue weighted by molar-refractivity contribution is 5.76. The highest BCUT2D eigenvalue weighted by atomic mass is 16.5. The molecule has 5 nitrogen and oxygen atoms in total. The zero-order chi connectivity index (χ0) is 15.2. The summed E-state index contributed by atoms with van der Waals surface area (Å²) in [5.41, 5.74) is 3.13. The third-order valence-electron chi connectivity index (χ3n) is 3.39. The van der Waals surface area contributed by atoms with E-state index < -0.39 is 0 Å². The van der Waals surface area contributed by atoms with E-state index in [4.69, 9.17) is 4.74 Å². The number of nitrogens with zero attached hydrogens (tertiary/aromatic N) is 2. The van der Waals surface area contributed by atoms with Gasteiger partial charge in [-0.3, -0.25) is 9.48 Å². The lowest BCUT2D eigenvalue weighted by atomic mass is 10.1. The molecule has 0 saturated carbocycles. The van der Waals surface area contributed by atoms with Gasteiger partial charge in [-0.2, -0.15) is 5.10 Å². The van der Waals surface area contributed by atoms with Crippen LogP contribution in [0.4, 0.5) is 0 Å². The van der Waals surface area contributed by atoms with E-state index in [1.165, 1.54) is 0 Å². The number of carbonyl (C=O) groups is 1. The van der Waals surface area contributed by atoms with Crippen LogP contribution < -0.4 is 10.1 Å². The van der Waals surface area contributed by atoms with Crippen LogP contribution in [-0.4, -0.2) is 22.8 Å². The maximum atomic E-state index is 11.9. The molecular weight excluding hydrogens is 266 g/mol. The predicted molar refractivity (Wildman–Crippen MR) is 81.1 cm³/mol. The number of aromatic nitrogens is 2. The van der Waals surface area contributed by atoms with E-state index in [0.29, 0.717) is 13.0 Å². The summed E-state index contributed by atoms with van der Waals surface area (Å²) in [7, 11) is 3.52. The molecule has 0 aliphatic carbocycles. The van der Waals surface area contributed by atoms with Crippen molar-refractivity contribution in [3.8, 4) is 5.75 Å². The topological polar surface area (TPSA) is 56.1 Å². The first-order valence-corrected chi connectivity index (χ1v) is 6.97. The number of nitrogens with one attached hydrogen (secondary N) is 1. The largest absolute Gasteiger partial charge is 0.497 e. The molecule has 0 spiro atoms. The maximum absolute atomic E-state index is 11.9. The first kappa shape index (κ1) is 15.1. The van der Waals surface area contributed by atoms with Gasteiger partial charge in [-0.05, 0) is 31.0 Å². The molecule has 0 bridgehead atoms. The van der Waals surface area contributed by atoms with E-state index in [-0.39, 0.29) is 5.91 Å². The van der Waals surface area contributed by atoms with E-state index in [0.717, 1.165) is 29.0 Å². The van der Waals surface area contributed by atoms with Crippen molar-refractivity contribution in [2.24, 2.45) is 7.05 Å². The summed E-state index contributed by atoms with van der Waals surface area (Å²) in [5, 5.41) is 7.18. The third-order valence-corrected chi connectivity index (χ3v) is 3.39. The molecule has 0 radical (unpaired) electrons. The van der Waals surface area contributed by atoms with E-state index >= 15 is 0 Å². The zero-order valence-electron chi connectivity index (χ0n) is 12.7. The molecule has 0 unspecified atom stereocenters. The van der Waals surface area contributed by atoms with Gasteiger partial charge >= 0.3 is 0 Å². The molecule has 112 valence electrons. The molecule has 5 heteroatoms. The van der Waals surface area contributed by atoms with Gasteiger partial charge in [0.05, 0.1) is 12.8 Å². The molecule has 0 aliphatic heterocycles. The van der Waals surface area contributed by atoms with Crippen LogP contribution in [0.1, 0.15) is 23.2 Å². The fourth-order valence-electron chi connectivity index (χ4n) is 2.15. The molecule has 0 fully saturated rings. The maximum Gasteiger partial charge on any atom is 0.220 e. The monoisotopic (exact) mass is 287 g/mol. The van der Waals surface area contributed by atoms with Crippen LogP contribution >= 0.6 is 0 Å². The summed E-state index contributed by atoms with van der Waals surface area (Å²) in [4.78, 5) is 11.9. The molecule has 2 rings (SSSR count). The van der Waals surface area contributed by atoms with Crippen LogP contribution in [0.3, 0.4) is 0 Å². The summed E-state index contributed by atoms with van der Waals surface area (Å²) >= 11 is 0. The molecule has 2 aromatic rings. The van der Waals surface area contributed by atoms with E-state index in [1.807, 2.05) is 44.4 Å². The van der Waals surface area contributed by atoms with Gasteiger partial charge in [0.15, 0.2) is 0 Å². The van der Waals surface area contributed by atoms with Crippen molar-refractivity contribution in [3.05, 3.63) is 47.3 Å². The van der Waals surface area contributed by atoms with Gasteiger partial charge < -0.3 is 10.1 Å². The van der Waals surface area contributed by atoms with Crippen molar-refractivity contribution in [2.75, 3.05) is 7.11 Å². The van der Waals surface area contributed by atoms with Crippen LogP contribution in [0.25, 0.3) is 0 Å². The molecule has 0 saturated heterocycles. The second kappa shape index (κ2) is 6.92. The lowest BCUT2D eigenvalue weighted by Crippen LogP contribution is -2.23. The summed E-state index contributed by atoms with van der Waals surface area (Å²) in [5.74, 6) is 0.879. The minimum Gasteiger partial charge on any atom is -0.497 e. The van der Waals surface area contributed by atoms with Crippen molar-refractivity contribution in [1.29, 1.82) is 0 Å². The Kier molecular flexibility index (Phi) is 4.98. The van der Waals surface area contributed by atoms with Crippen LogP contribution in [0.2, 0.25) is 0 Å². The van der Waals surface area contributed by atoms with Crippen LogP contribution in [-0.2, 0) is 24.8 Å². The Hall–Kier alpha value is -2.30. The number of amides is 1. The summed E-state index contributed by atoms with van der Waals surface area (Å²) in [6.45, 7) is 2.47. The molecule has 1 aromatic carbocycles. The predicted octanol–water partition coefficient (Wildman–Crippen LogP) is 1.99. The highest BCUT2D eigenvalue weighted by Crippen LogP contribution is 2.12. The van der Waals surface area contributed by atoms with Gasteiger partial charge in [0, 0.05) is 31.8 Å². The van der Waals surface area contributed by atoms with Crippen molar-refractivity contribution in [3.63, 3.8) is 0 Å².